The standard InChI is InChI=1S/C34H40O4S/c1-6-39(5)14-8-13-37-27-15-22(2)34(23(3)16-27)25-10-7-9-24(17-25)21-38-26-11-12-28-29(18-26)30-19-31(30)32(28)20-33(35)36-4/h6-7,9-12,15-18,30-32H,8,13-14,19-21H2,1-5H3. The van der Waals surface area contributed by atoms with Gasteiger partial charge in [0.25, 0.3) is 0 Å². The van der Waals surface area contributed by atoms with Crippen LogP contribution in [0.1, 0.15) is 65.8 Å². The third-order valence-electron chi connectivity index (χ3n) is 8.24. The van der Waals surface area contributed by atoms with E-state index in [4.69, 9.17) is 14.2 Å². The maximum Gasteiger partial charge on any atom is 0.306 e. The largest absolute Gasteiger partial charge is 0.494 e. The zero-order chi connectivity index (χ0) is 27.5. The number of ether oxygens (including phenoxy) is 3. The lowest BCUT2D eigenvalue weighted by atomic mass is 9.93. The van der Waals surface area contributed by atoms with Crippen LogP contribution in [0.15, 0.2) is 54.6 Å². The zero-order valence-corrected chi connectivity index (χ0v) is 24.6. The van der Waals surface area contributed by atoms with Gasteiger partial charge < -0.3 is 14.2 Å². The van der Waals surface area contributed by atoms with Gasteiger partial charge in [-0.3, -0.25) is 4.79 Å². The summed E-state index contributed by atoms with van der Waals surface area (Å²) in [6.45, 7) is 7.73. The van der Waals surface area contributed by atoms with Crippen LogP contribution in [0.2, 0.25) is 0 Å². The van der Waals surface area contributed by atoms with E-state index in [2.05, 4.69) is 80.9 Å². The van der Waals surface area contributed by atoms with Crippen molar-refractivity contribution >= 4 is 21.8 Å². The van der Waals surface area contributed by atoms with Gasteiger partial charge in [0.1, 0.15) is 18.1 Å². The van der Waals surface area contributed by atoms with Crippen molar-refractivity contribution in [2.75, 3.05) is 25.7 Å². The molecule has 4 unspecified atom stereocenters. The number of carbonyl (C=O) groups is 1. The van der Waals surface area contributed by atoms with E-state index in [1.54, 1.807) is 0 Å². The van der Waals surface area contributed by atoms with Crippen LogP contribution in [0.25, 0.3) is 11.1 Å². The third-order valence-corrected chi connectivity index (χ3v) is 9.97. The summed E-state index contributed by atoms with van der Waals surface area (Å²) in [6.07, 6.45) is 4.99. The van der Waals surface area contributed by atoms with Gasteiger partial charge in [0.05, 0.1) is 20.1 Å². The van der Waals surface area contributed by atoms with Gasteiger partial charge in [-0.1, -0.05) is 29.6 Å². The van der Waals surface area contributed by atoms with Crippen LogP contribution in [0.5, 0.6) is 11.5 Å². The molecular weight excluding hydrogens is 504 g/mol. The lowest BCUT2D eigenvalue weighted by molar-refractivity contribution is -0.141. The van der Waals surface area contributed by atoms with Gasteiger partial charge in [-0.05, 0) is 133 Å². The molecule has 0 N–H and O–H groups in total. The number of rotatable bonds is 11. The van der Waals surface area contributed by atoms with E-state index in [1.165, 1.54) is 52.7 Å². The van der Waals surface area contributed by atoms with E-state index in [9.17, 15) is 4.79 Å². The molecule has 5 heteroatoms. The van der Waals surface area contributed by atoms with Gasteiger partial charge in [-0.2, -0.15) is 10.5 Å². The minimum Gasteiger partial charge on any atom is -0.494 e. The van der Waals surface area contributed by atoms with Crippen molar-refractivity contribution in [3.05, 3.63) is 82.4 Å². The average Bonchev–Trinajstić information content (AvgIpc) is 3.67. The molecule has 0 aliphatic heterocycles. The predicted molar refractivity (Wildman–Crippen MR) is 163 cm³/mol. The van der Waals surface area contributed by atoms with Crippen LogP contribution in [0.3, 0.4) is 0 Å². The number of hydrogen-bond donors (Lipinski definition) is 0. The molecule has 0 radical (unpaired) electrons. The molecule has 3 aromatic carbocycles. The Balaban J connectivity index is 1.24. The SMILES string of the molecule is C/C=S(/C)CCCOc1cc(C)c(-c2cccc(COc3ccc4c(c3)C3CC3C4CC(=O)OC)c2)c(C)c1. The maximum absolute atomic E-state index is 11.9. The van der Waals surface area contributed by atoms with Crippen LogP contribution in [0.4, 0.5) is 0 Å². The summed E-state index contributed by atoms with van der Waals surface area (Å²) in [5.41, 5.74) is 8.69. The van der Waals surface area contributed by atoms with Crippen LogP contribution >= 0.6 is 10.5 Å². The molecule has 39 heavy (non-hydrogen) atoms. The van der Waals surface area contributed by atoms with Gasteiger partial charge in [-0.25, -0.2) is 0 Å². The molecule has 0 spiro atoms. The van der Waals surface area contributed by atoms with Crippen molar-refractivity contribution < 1.29 is 19.0 Å². The van der Waals surface area contributed by atoms with Crippen LogP contribution in [0, 0.1) is 19.8 Å². The first kappa shape index (κ1) is 27.5. The topological polar surface area (TPSA) is 44.8 Å². The van der Waals surface area contributed by atoms with Crippen molar-refractivity contribution in [2.24, 2.45) is 5.92 Å². The summed E-state index contributed by atoms with van der Waals surface area (Å²) in [6, 6.07) is 19.3. The Bertz CT molecular complexity index is 1370. The fourth-order valence-corrected chi connectivity index (χ4v) is 6.92. The monoisotopic (exact) mass is 544 g/mol. The number of aryl methyl sites for hydroxylation is 2. The molecule has 0 amide bonds. The highest BCUT2D eigenvalue weighted by molar-refractivity contribution is 8.14. The molecule has 0 bridgehead atoms. The molecule has 2 aliphatic rings. The summed E-state index contributed by atoms with van der Waals surface area (Å²) < 4.78 is 17.3. The first-order chi connectivity index (χ1) is 18.9. The number of esters is 1. The predicted octanol–water partition coefficient (Wildman–Crippen LogP) is 7.80. The fourth-order valence-electron chi connectivity index (χ4n) is 6.11. The minimum atomic E-state index is -0.123. The molecule has 5 rings (SSSR count). The highest BCUT2D eigenvalue weighted by atomic mass is 32.2. The van der Waals surface area contributed by atoms with Gasteiger partial charge in [0.2, 0.25) is 0 Å². The summed E-state index contributed by atoms with van der Waals surface area (Å²) in [7, 11) is 1.85. The van der Waals surface area contributed by atoms with E-state index >= 15 is 0 Å². The molecule has 3 aromatic rings. The van der Waals surface area contributed by atoms with Crippen molar-refractivity contribution in [1.82, 2.24) is 0 Å². The molecule has 0 aromatic heterocycles. The van der Waals surface area contributed by atoms with Crippen molar-refractivity contribution in [3.63, 3.8) is 0 Å². The second kappa shape index (κ2) is 12.0. The number of methoxy groups -OCH3 is 1. The van der Waals surface area contributed by atoms with Crippen LogP contribution in [-0.4, -0.2) is 37.1 Å². The molecular formula is C34H40O4S. The zero-order valence-electron chi connectivity index (χ0n) is 23.8. The van der Waals surface area contributed by atoms with Crippen LogP contribution < -0.4 is 9.47 Å². The normalized spacial score (nSPS) is 19.8. The second-order valence-corrected chi connectivity index (χ2v) is 13.2. The molecule has 1 fully saturated rings. The second-order valence-electron chi connectivity index (χ2n) is 10.9. The summed E-state index contributed by atoms with van der Waals surface area (Å²) in [4.78, 5) is 11.9. The number of hydrogen-bond acceptors (Lipinski definition) is 4. The number of fused-ring (bicyclic) bond motifs is 3. The fraction of sp³-hybridized carbons (Fsp3) is 0.412. The lowest BCUT2D eigenvalue weighted by Gasteiger charge is -2.16. The maximum atomic E-state index is 11.9. The van der Waals surface area contributed by atoms with Crippen molar-refractivity contribution in [2.45, 2.75) is 58.5 Å². The first-order valence-corrected chi connectivity index (χ1v) is 15.8. The highest BCUT2D eigenvalue weighted by Gasteiger charge is 2.52. The Morgan fingerprint density at radius 2 is 1.79 bits per heavy atom. The summed E-state index contributed by atoms with van der Waals surface area (Å²) in [5.74, 6) is 4.34. The Kier molecular flexibility index (Phi) is 8.46. The van der Waals surface area contributed by atoms with Crippen LogP contribution in [-0.2, 0) is 16.1 Å². The van der Waals surface area contributed by atoms with Gasteiger partial charge in [-0.15, -0.1) is 0 Å². The molecule has 1 saturated carbocycles. The van der Waals surface area contributed by atoms with Gasteiger partial charge in [0.15, 0.2) is 0 Å². The molecule has 206 valence electrons. The van der Waals surface area contributed by atoms with E-state index in [0.717, 1.165) is 30.1 Å². The Hall–Kier alpha value is -3.05. The number of carbonyl (C=O) groups excluding carboxylic acids is 1. The quantitative estimate of drug-likeness (QED) is 0.140. The van der Waals surface area contributed by atoms with E-state index in [-0.39, 0.29) is 11.9 Å². The highest BCUT2D eigenvalue weighted by Crippen LogP contribution is 2.64. The lowest BCUT2D eigenvalue weighted by Crippen LogP contribution is -2.09. The third kappa shape index (κ3) is 6.24. The first-order valence-electron chi connectivity index (χ1n) is 14.0. The summed E-state index contributed by atoms with van der Waals surface area (Å²) in [5, 5.41) is 2.28. The average molecular weight is 545 g/mol. The molecule has 4 nitrogen and oxygen atoms in total. The number of benzene rings is 3. The van der Waals surface area contributed by atoms with E-state index < -0.39 is 0 Å². The van der Waals surface area contributed by atoms with E-state index in [0.29, 0.717) is 35.3 Å². The molecule has 4 atom stereocenters. The Labute approximate surface area is 235 Å². The molecule has 0 saturated heterocycles. The molecule has 0 heterocycles. The smallest absolute Gasteiger partial charge is 0.306 e. The van der Waals surface area contributed by atoms with Gasteiger partial charge in [0, 0.05) is 0 Å². The van der Waals surface area contributed by atoms with Crippen molar-refractivity contribution in [3.8, 4) is 22.6 Å². The van der Waals surface area contributed by atoms with Crippen molar-refractivity contribution in [1.29, 1.82) is 0 Å². The minimum absolute atomic E-state index is 0.123. The summed E-state index contributed by atoms with van der Waals surface area (Å²) >= 11 is 0. The van der Waals surface area contributed by atoms with Gasteiger partial charge >= 0.3 is 5.97 Å². The Morgan fingerprint density at radius 1 is 1.00 bits per heavy atom. The molecule has 2 aliphatic carbocycles. The van der Waals surface area contributed by atoms with E-state index in [1.807, 2.05) is 6.07 Å². The Morgan fingerprint density at radius 3 is 2.54 bits per heavy atom.